The normalized spacial score (nSPS) is 32.2. The summed E-state index contributed by atoms with van der Waals surface area (Å²) in [5.41, 5.74) is 1.55. The molecule has 3 rings (SSSR count). The van der Waals surface area contributed by atoms with Gasteiger partial charge in [-0.2, -0.15) is 5.26 Å². The molecule has 3 nitrogen and oxygen atoms in total. The van der Waals surface area contributed by atoms with Gasteiger partial charge in [0.2, 0.25) is 0 Å². The number of nitrogens with one attached hydrogen (secondary N) is 1. The van der Waals surface area contributed by atoms with Crippen LogP contribution >= 0.6 is 22.6 Å². The maximum Gasteiger partial charge on any atom is 0.0867 e. The number of hydrogen-bond acceptors (Lipinski definition) is 3. The van der Waals surface area contributed by atoms with E-state index in [1.54, 1.807) is 6.20 Å². The molecule has 96 valence electrons. The lowest BCUT2D eigenvalue weighted by Crippen LogP contribution is -2.46. The van der Waals surface area contributed by atoms with Gasteiger partial charge in [-0.15, -0.1) is 0 Å². The predicted octanol–water partition coefficient (Wildman–Crippen LogP) is 2.50. The highest BCUT2D eigenvalue weighted by Crippen LogP contribution is 2.42. The van der Waals surface area contributed by atoms with Crippen LogP contribution in [0.2, 0.25) is 0 Å². The third-order valence-corrected chi connectivity index (χ3v) is 4.49. The van der Waals surface area contributed by atoms with E-state index in [1.807, 2.05) is 34.9 Å². The first-order valence-electron chi connectivity index (χ1n) is 6.50. The maximum absolute atomic E-state index is 9.74. The summed E-state index contributed by atoms with van der Waals surface area (Å²) in [6.45, 7) is 0. The van der Waals surface area contributed by atoms with Crippen LogP contribution in [0.1, 0.15) is 36.8 Å². The first kappa shape index (κ1) is 12.9. The number of piperidine rings is 1. The summed E-state index contributed by atoms with van der Waals surface area (Å²) in [5, 5.41) is 13.3. The van der Waals surface area contributed by atoms with E-state index < -0.39 is 0 Å². The second-order valence-corrected chi connectivity index (χ2v) is 5.96. The Labute approximate surface area is 126 Å². The summed E-state index contributed by atoms with van der Waals surface area (Å²) < 4.78 is 2.86. The van der Waals surface area contributed by atoms with E-state index in [0.717, 1.165) is 24.0 Å². The molecule has 1 N–H and O–H groups in total. The zero-order valence-electron chi connectivity index (χ0n) is 10.5. The number of hydrogen-bond donors (Lipinski definition) is 1. The predicted molar refractivity (Wildman–Crippen MR) is 81.6 cm³/mol. The molecule has 1 unspecified atom stereocenters. The summed E-state index contributed by atoms with van der Waals surface area (Å²) in [7, 11) is 0. The van der Waals surface area contributed by atoms with Gasteiger partial charge in [0.1, 0.15) is 0 Å². The number of rotatable bonds is 1. The van der Waals surface area contributed by atoms with Crippen LogP contribution in [0.4, 0.5) is 0 Å². The molecule has 2 saturated heterocycles. The Morgan fingerprint density at radius 1 is 1.32 bits per heavy atom. The van der Waals surface area contributed by atoms with E-state index in [-0.39, 0.29) is 5.41 Å². The van der Waals surface area contributed by atoms with Crippen LogP contribution in [0.5, 0.6) is 0 Å². The Morgan fingerprint density at radius 3 is 2.68 bits per heavy atom. The van der Waals surface area contributed by atoms with Crippen molar-refractivity contribution < 1.29 is 0 Å². The highest BCUT2D eigenvalue weighted by atomic mass is 127. The van der Waals surface area contributed by atoms with Crippen molar-refractivity contribution in [2.45, 2.75) is 43.2 Å². The largest absolute Gasteiger partial charge is 0.311 e. The van der Waals surface area contributed by atoms with Gasteiger partial charge >= 0.3 is 0 Å². The van der Waals surface area contributed by atoms with Gasteiger partial charge in [0, 0.05) is 52.6 Å². The van der Waals surface area contributed by atoms with Gasteiger partial charge in [-0.05, 0) is 41.2 Å². The molecular formula is C15H14IN3. The van der Waals surface area contributed by atoms with Crippen LogP contribution in [0, 0.1) is 21.2 Å². The highest BCUT2D eigenvalue weighted by Gasteiger charge is 2.45. The molecule has 0 radical (unpaired) electrons. The zero-order chi connectivity index (χ0) is 13.3. The smallest absolute Gasteiger partial charge is 0.0867 e. The Hall–Kier alpha value is -1.11. The highest BCUT2D eigenvalue weighted by molar-refractivity contribution is 14.1. The zero-order valence-corrected chi connectivity index (χ0v) is 12.6. The van der Waals surface area contributed by atoms with Crippen molar-refractivity contribution in [1.29, 1.82) is 5.26 Å². The van der Waals surface area contributed by atoms with E-state index in [4.69, 9.17) is 0 Å². The number of halogens is 1. The molecule has 4 heteroatoms. The fraction of sp³-hybridized carbons (Fsp3) is 0.467. The molecule has 2 aliphatic heterocycles. The molecule has 0 spiro atoms. The standard InChI is InChI=1S/C15H14IN3/c16-4-3-11-5-12(9-18-8-11)15(10-17)6-13-1-2-14(7-15)19-13/h5,8-9,13-14,19H,1-2,6-7H2/t13-,14+,15?. The molecule has 2 bridgehead atoms. The van der Waals surface area contributed by atoms with E-state index >= 15 is 0 Å². The molecule has 0 aliphatic carbocycles. The van der Waals surface area contributed by atoms with Gasteiger partial charge in [0.15, 0.2) is 0 Å². The van der Waals surface area contributed by atoms with Crippen LogP contribution in [0.15, 0.2) is 18.5 Å². The molecular weight excluding hydrogens is 349 g/mol. The van der Waals surface area contributed by atoms with Crippen molar-refractivity contribution in [2.75, 3.05) is 0 Å². The van der Waals surface area contributed by atoms with Crippen molar-refractivity contribution >= 4 is 22.6 Å². The first-order valence-corrected chi connectivity index (χ1v) is 7.58. The maximum atomic E-state index is 9.74. The van der Waals surface area contributed by atoms with Gasteiger partial charge in [0.25, 0.3) is 0 Å². The number of nitriles is 1. The van der Waals surface area contributed by atoms with Crippen LogP contribution in [0.3, 0.4) is 0 Å². The van der Waals surface area contributed by atoms with Crippen molar-refractivity contribution in [3.63, 3.8) is 0 Å². The first-order chi connectivity index (χ1) is 9.25. The Bertz CT molecular complexity index is 581. The lowest BCUT2D eigenvalue weighted by molar-refractivity contribution is 0.304. The van der Waals surface area contributed by atoms with Gasteiger partial charge in [0.05, 0.1) is 11.5 Å². The second-order valence-electron chi connectivity index (χ2n) is 5.42. The van der Waals surface area contributed by atoms with Crippen molar-refractivity contribution in [3.8, 4) is 15.9 Å². The van der Waals surface area contributed by atoms with Crippen molar-refractivity contribution in [1.82, 2.24) is 10.3 Å². The Morgan fingerprint density at radius 2 is 2.05 bits per heavy atom. The van der Waals surface area contributed by atoms with Gasteiger partial charge < -0.3 is 5.32 Å². The lowest BCUT2D eigenvalue weighted by atomic mass is 9.72. The average molecular weight is 363 g/mol. The molecule has 0 amide bonds. The van der Waals surface area contributed by atoms with Crippen LogP contribution < -0.4 is 5.32 Å². The van der Waals surface area contributed by atoms with Crippen LogP contribution in [0.25, 0.3) is 0 Å². The monoisotopic (exact) mass is 363 g/mol. The van der Waals surface area contributed by atoms with E-state index in [1.165, 1.54) is 12.8 Å². The summed E-state index contributed by atoms with van der Waals surface area (Å²) in [4.78, 5) is 4.26. The summed E-state index contributed by atoms with van der Waals surface area (Å²) >= 11 is 2.02. The van der Waals surface area contributed by atoms with E-state index in [2.05, 4.69) is 26.2 Å². The van der Waals surface area contributed by atoms with Gasteiger partial charge in [-0.25, -0.2) is 0 Å². The molecule has 2 aliphatic rings. The van der Waals surface area contributed by atoms with E-state index in [0.29, 0.717) is 12.1 Å². The summed E-state index contributed by atoms with van der Waals surface area (Å²) in [6.07, 6.45) is 7.76. The fourth-order valence-corrected chi connectivity index (χ4v) is 3.68. The van der Waals surface area contributed by atoms with Crippen LogP contribution in [-0.2, 0) is 5.41 Å². The topological polar surface area (TPSA) is 48.7 Å². The Kier molecular flexibility index (Phi) is 3.47. The minimum absolute atomic E-state index is 0.382. The SMILES string of the molecule is N#CC1(c2cncc(C#CI)c2)C[C@H]2CC[C@@H](C1)N2. The summed E-state index contributed by atoms with van der Waals surface area (Å²) in [5.74, 6) is 3.02. The van der Waals surface area contributed by atoms with E-state index in [9.17, 15) is 5.26 Å². The molecule has 0 saturated carbocycles. The molecule has 1 aromatic heterocycles. The third-order valence-electron chi connectivity index (χ3n) is 4.22. The molecule has 3 heterocycles. The third kappa shape index (κ3) is 2.35. The fourth-order valence-electron chi connectivity index (χ4n) is 3.37. The molecule has 0 aromatic carbocycles. The number of aromatic nitrogens is 1. The Balaban J connectivity index is 2.00. The number of pyridine rings is 1. The van der Waals surface area contributed by atoms with Crippen LogP contribution in [-0.4, -0.2) is 17.1 Å². The molecule has 2 fully saturated rings. The lowest BCUT2D eigenvalue weighted by Gasteiger charge is -2.36. The van der Waals surface area contributed by atoms with Crippen molar-refractivity contribution in [3.05, 3.63) is 29.6 Å². The average Bonchev–Trinajstić information content (AvgIpc) is 2.79. The molecule has 3 atom stereocenters. The minimum Gasteiger partial charge on any atom is -0.311 e. The second kappa shape index (κ2) is 5.11. The molecule has 19 heavy (non-hydrogen) atoms. The summed E-state index contributed by atoms with van der Waals surface area (Å²) in [6, 6.07) is 5.58. The number of nitrogens with zero attached hydrogens (tertiary/aromatic N) is 2. The number of fused-ring (bicyclic) bond motifs is 2. The quantitative estimate of drug-likeness (QED) is 0.616. The van der Waals surface area contributed by atoms with Gasteiger partial charge in [-0.3, -0.25) is 4.98 Å². The minimum atomic E-state index is -0.382. The molecule has 1 aromatic rings. The van der Waals surface area contributed by atoms with Gasteiger partial charge in [-0.1, -0.05) is 5.92 Å². The van der Waals surface area contributed by atoms with Crippen molar-refractivity contribution in [2.24, 2.45) is 0 Å².